The van der Waals surface area contributed by atoms with Gasteiger partial charge in [0.2, 0.25) is 0 Å². The Hall–Kier alpha value is -2.00. The molecule has 2 aliphatic rings. The molecule has 0 unspecified atom stereocenters. The number of carbonyl (C=O) groups is 2. The van der Waals surface area contributed by atoms with Gasteiger partial charge in [0, 0.05) is 22.6 Å². The number of hydrogen-bond acceptors (Lipinski definition) is 3. The molecule has 0 fully saturated rings. The van der Waals surface area contributed by atoms with Crippen LogP contribution in [0.5, 0.6) is 0 Å². The third-order valence-electron chi connectivity index (χ3n) is 4.93. The van der Waals surface area contributed by atoms with Gasteiger partial charge in [0.05, 0.1) is 0 Å². The van der Waals surface area contributed by atoms with Crippen molar-refractivity contribution in [2.75, 3.05) is 0 Å². The lowest BCUT2D eigenvalue weighted by molar-refractivity contribution is -0.117. The summed E-state index contributed by atoms with van der Waals surface area (Å²) >= 11 is 1.71. The first-order valence-corrected chi connectivity index (χ1v) is 10.3. The van der Waals surface area contributed by atoms with Gasteiger partial charge in [0.1, 0.15) is 0 Å². The molecule has 0 saturated heterocycles. The summed E-state index contributed by atoms with van der Waals surface area (Å²) in [5.74, 6) is 0.442. The number of carbonyl (C=O) groups excluding carboxylic acids is 2. The number of rotatable bonds is 4. The molecule has 0 saturated carbocycles. The summed E-state index contributed by atoms with van der Waals surface area (Å²) in [6.07, 6.45) is 15.0. The molecule has 0 bridgehead atoms. The van der Waals surface area contributed by atoms with Crippen molar-refractivity contribution in [1.82, 2.24) is 0 Å². The van der Waals surface area contributed by atoms with Gasteiger partial charge in [-0.15, -0.1) is 11.3 Å². The topological polar surface area (TPSA) is 34.1 Å². The van der Waals surface area contributed by atoms with Gasteiger partial charge in [-0.25, -0.2) is 0 Å². The average Bonchev–Trinajstić information content (AvgIpc) is 2.95. The lowest BCUT2D eigenvalue weighted by Crippen LogP contribution is -2.21. The molecule has 0 aliphatic heterocycles. The number of ketones is 2. The fourth-order valence-corrected chi connectivity index (χ4v) is 4.75. The van der Waals surface area contributed by atoms with E-state index in [1.165, 1.54) is 9.75 Å². The van der Waals surface area contributed by atoms with Crippen molar-refractivity contribution in [3.63, 3.8) is 0 Å². The molecule has 0 spiro atoms. The quantitative estimate of drug-likeness (QED) is 0.605. The third kappa shape index (κ3) is 5.74. The first-order valence-electron chi connectivity index (χ1n) is 9.53. The minimum absolute atomic E-state index is 0.0494. The number of allylic oxidation sites excluding steroid dienone is 6. The fourth-order valence-electron chi connectivity index (χ4n) is 3.93. The van der Waals surface area contributed by atoms with Crippen LogP contribution in [0.1, 0.15) is 63.1 Å². The van der Waals surface area contributed by atoms with Crippen LogP contribution in [-0.4, -0.2) is 11.6 Å². The monoisotopic (exact) mass is 380 g/mol. The second-order valence-corrected chi connectivity index (χ2v) is 10.5. The van der Waals surface area contributed by atoms with Gasteiger partial charge in [0.25, 0.3) is 0 Å². The van der Waals surface area contributed by atoms with Crippen LogP contribution in [0.4, 0.5) is 0 Å². The van der Waals surface area contributed by atoms with Crippen molar-refractivity contribution in [3.8, 4) is 0 Å². The highest BCUT2D eigenvalue weighted by Gasteiger charge is 2.27. The zero-order valence-electron chi connectivity index (χ0n) is 16.7. The Kier molecular flexibility index (Phi) is 5.53. The van der Waals surface area contributed by atoms with Gasteiger partial charge in [-0.05, 0) is 71.3 Å². The number of hydrogen-bond donors (Lipinski definition) is 0. The summed E-state index contributed by atoms with van der Waals surface area (Å²) in [4.78, 5) is 26.1. The van der Waals surface area contributed by atoms with Crippen LogP contribution < -0.4 is 0 Å². The Labute approximate surface area is 166 Å². The Morgan fingerprint density at radius 1 is 0.704 bits per heavy atom. The maximum absolute atomic E-state index is 11.9. The van der Waals surface area contributed by atoms with E-state index in [9.17, 15) is 9.59 Å². The smallest absolute Gasteiger partial charge is 0.156 e. The second kappa shape index (κ2) is 7.55. The van der Waals surface area contributed by atoms with Gasteiger partial charge in [-0.1, -0.05) is 39.8 Å². The van der Waals surface area contributed by atoms with E-state index in [0.717, 1.165) is 24.0 Å². The molecule has 1 aromatic heterocycles. The van der Waals surface area contributed by atoms with Gasteiger partial charge in [-0.3, -0.25) is 9.59 Å². The molecule has 0 N–H and O–H groups in total. The lowest BCUT2D eigenvalue weighted by atomic mass is 9.77. The van der Waals surface area contributed by atoms with Crippen molar-refractivity contribution in [2.24, 2.45) is 10.8 Å². The van der Waals surface area contributed by atoms with E-state index in [0.29, 0.717) is 12.8 Å². The van der Waals surface area contributed by atoms with Crippen molar-refractivity contribution < 1.29 is 9.59 Å². The van der Waals surface area contributed by atoms with E-state index < -0.39 is 0 Å². The molecule has 2 aliphatic carbocycles. The summed E-state index contributed by atoms with van der Waals surface area (Å²) in [6.45, 7) is 8.58. The van der Waals surface area contributed by atoms with E-state index in [4.69, 9.17) is 0 Å². The minimum Gasteiger partial charge on any atom is -0.295 e. The summed E-state index contributed by atoms with van der Waals surface area (Å²) in [6, 6.07) is 4.20. The zero-order valence-corrected chi connectivity index (χ0v) is 17.5. The van der Waals surface area contributed by atoms with Crippen LogP contribution in [0.2, 0.25) is 0 Å². The standard InChI is InChI=1S/C24H28O2S/c1-23(2)13-17(11-19(25)15-23)5-7-21-9-10-22(27-21)8-6-18-12-20(26)16-24(3,4)14-18/h5-12H,13-16H2,1-4H3/b7-5-,8-6+. The van der Waals surface area contributed by atoms with E-state index >= 15 is 0 Å². The molecular formula is C24H28O2S. The molecular weight excluding hydrogens is 352 g/mol. The first kappa shape index (κ1) is 19.8. The summed E-state index contributed by atoms with van der Waals surface area (Å²) in [7, 11) is 0. The predicted molar refractivity (Wildman–Crippen MR) is 115 cm³/mol. The molecule has 0 atom stereocenters. The highest BCUT2D eigenvalue weighted by molar-refractivity contribution is 7.13. The van der Waals surface area contributed by atoms with Crippen LogP contribution in [0.15, 0.2) is 47.6 Å². The molecule has 0 amide bonds. The Balaban J connectivity index is 1.67. The van der Waals surface area contributed by atoms with Gasteiger partial charge >= 0.3 is 0 Å². The zero-order chi connectivity index (χ0) is 19.7. The van der Waals surface area contributed by atoms with Crippen LogP contribution in [-0.2, 0) is 9.59 Å². The maximum Gasteiger partial charge on any atom is 0.156 e. The highest BCUT2D eigenvalue weighted by atomic mass is 32.1. The lowest BCUT2D eigenvalue weighted by Gasteiger charge is -2.27. The van der Waals surface area contributed by atoms with E-state index in [1.807, 2.05) is 0 Å². The van der Waals surface area contributed by atoms with Crippen molar-refractivity contribution >= 4 is 35.1 Å². The average molecular weight is 381 g/mol. The van der Waals surface area contributed by atoms with Gasteiger partial charge in [0.15, 0.2) is 11.6 Å². The van der Waals surface area contributed by atoms with Crippen molar-refractivity contribution in [2.45, 2.75) is 53.4 Å². The normalized spacial score (nSPS) is 22.4. The largest absolute Gasteiger partial charge is 0.295 e. The van der Waals surface area contributed by atoms with Crippen LogP contribution in [0.25, 0.3) is 12.2 Å². The molecule has 0 aromatic carbocycles. The maximum atomic E-state index is 11.9. The Morgan fingerprint density at radius 3 is 1.48 bits per heavy atom. The molecule has 3 rings (SSSR count). The van der Waals surface area contributed by atoms with Gasteiger partial charge < -0.3 is 0 Å². The van der Waals surface area contributed by atoms with E-state index in [1.54, 1.807) is 23.5 Å². The Bertz CT molecular complexity index is 801. The predicted octanol–water partition coefficient (Wildman–Crippen LogP) is 6.41. The van der Waals surface area contributed by atoms with Crippen LogP contribution >= 0.6 is 11.3 Å². The summed E-state index contributed by atoms with van der Waals surface area (Å²) in [5, 5.41) is 0. The molecule has 2 nitrogen and oxygen atoms in total. The molecule has 1 heterocycles. The molecule has 1 aromatic rings. The van der Waals surface area contributed by atoms with E-state index in [2.05, 4.69) is 64.1 Å². The highest BCUT2D eigenvalue weighted by Crippen LogP contribution is 2.35. The fraction of sp³-hybridized carbons (Fsp3) is 0.417. The number of thiophene rings is 1. The summed E-state index contributed by atoms with van der Waals surface area (Å²) in [5.41, 5.74) is 2.31. The molecule has 142 valence electrons. The van der Waals surface area contributed by atoms with Crippen molar-refractivity contribution in [1.29, 1.82) is 0 Å². The summed E-state index contributed by atoms with van der Waals surface area (Å²) < 4.78 is 0. The Morgan fingerprint density at radius 2 is 1.11 bits per heavy atom. The third-order valence-corrected chi connectivity index (χ3v) is 5.95. The van der Waals surface area contributed by atoms with Crippen LogP contribution in [0.3, 0.4) is 0 Å². The minimum atomic E-state index is 0.0494. The van der Waals surface area contributed by atoms with Gasteiger partial charge in [-0.2, -0.15) is 0 Å². The first-order chi connectivity index (χ1) is 12.6. The molecule has 3 heteroatoms. The van der Waals surface area contributed by atoms with Crippen LogP contribution in [0, 0.1) is 10.8 Å². The second-order valence-electron chi connectivity index (χ2n) is 9.31. The van der Waals surface area contributed by atoms with E-state index in [-0.39, 0.29) is 22.4 Å². The SMILES string of the molecule is CC1(C)CC(=O)C=C(/C=C\c2ccc(/C=C/C3=CC(=O)CC(C)(C)C3)s2)C1. The van der Waals surface area contributed by atoms with Crippen molar-refractivity contribution in [3.05, 3.63) is 57.3 Å². The molecule has 0 radical (unpaired) electrons. The molecule has 27 heavy (non-hydrogen) atoms.